The first-order valence-electron chi connectivity index (χ1n) is 4.88. The summed E-state index contributed by atoms with van der Waals surface area (Å²) in [7, 11) is 0. The van der Waals surface area contributed by atoms with Crippen molar-refractivity contribution in [3.05, 3.63) is 0 Å². The lowest BCUT2D eigenvalue weighted by atomic mass is 10.1. The Hall–Kier alpha value is -1.09. The lowest BCUT2D eigenvalue weighted by molar-refractivity contribution is -0.149. The van der Waals surface area contributed by atoms with E-state index in [-0.39, 0.29) is 25.2 Å². The number of terminal acetylenes is 1. The summed E-state index contributed by atoms with van der Waals surface area (Å²) in [5.74, 6) is 2.26. The van der Waals surface area contributed by atoms with Crippen molar-refractivity contribution in [3.63, 3.8) is 0 Å². The van der Waals surface area contributed by atoms with E-state index in [1.165, 1.54) is 0 Å². The minimum atomic E-state index is -0.0437. The summed E-state index contributed by atoms with van der Waals surface area (Å²) in [6, 6.07) is 0. The number of likely N-dealkylation sites (tertiary alicyclic amines) is 1. The van der Waals surface area contributed by atoms with Crippen molar-refractivity contribution in [2.75, 3.05) is 39.5 Å². The molecule has 0 atom stereocenters. The Balaban J connectivity index is 2.05. The lowest BCUT2D eigenvalue weighted by Gasteiger charge is -2.38. The fourth-order valence-electron chi connectivity index (χ4n) is 1.27. The van der Waals surface area contributed by atoms with Crippen LogP contribution in [-0.4, -0.2) is 56.4 Å². The average molecular weight is 212 g/mol. The quantitative estimate of drug-likeness (QED) is 0.445. The van der Waals surface area contributed by atoms with Crippen LogP contribution in [0.1, 0.15) is 0 Å². The normalized spacial score (nSPS) is 15.9. The van der Waals surface area contributed by atoms with Gasteiger partial charge in [-0.2, -0.15) is 0 Å². The summed E-state index contributed by atoms with van der Waals surface area (Å²) in [4.78, 5) is 13.0. The highest BCUT2D eigenvalue weighted by Crippen LogP contribution is 2.11. The number of carbonyl (C=O) groups excluding carboxylic acids is 1. The van der Waals surface area contributed by atoms with Gasteiger partial charge in [0.2, 0.25) is 5.91 Å². The first kappa shape index (κ1) is 12.0. The van der Waals surface area contributed by atoms with E-state index in [9.17, 15) is 4.79 Å². The second kappa shape index (κ2) is 6.40. The van der Waals surface area contributed by atoms with Crippen LogP contribution in [0.25, 0.3) is 0 Å². The molecule has 5 nitrogen and oxygen atoms in total. The fourth-order valence-corrected chi connectivity index (χ4v) is 1.27. The molecule has 0 aromatic rings. The summed E-state index contributed by atoms with van der Waals surface area (Å²) >= 11 is 0. The van der Waals surface area contributed by atoms with Crippen LogP contribution in [0.15, 0.2) is 0 Å². The average Bonchev–Trinajstić information content (AvgIpc) is 2.16. The molecule has 0 aromatic heterocycles. The van der Waals surface area contributed by atoms with Crippen LogP contribution in [0.5, 0.6) is 0 Å². The number of carbonyl (C=O) groups is 1. The highest BCUT2D eigenvalue weighted by molar-refractivity contribution is 5.78. The fraction of sp³-hybridized carbons (Fsp3) is 0.700. The standard InChI is InChI=1S/C10H16N2O3/c1-2-4-14-8-10(13)12-6-9(7-12)15-5-3-11/h1,9H,3-8,11H2. The van der Waals surface area contributed by atoms with Crippen molar-refractivity contribution in [3.8, 4) is 12.3 Å². The molecule has 0 unspecified atom stereocenters. The Labute approximate surface area is 89.5 Å². The van der Waals surface area contributed by atoms with Crippen molar-refractivity contribution in [2.45, 2.75) is 6.10 Å². The van der Waals surface area contributed by atoms with Gasteiger partial charge in [0.05, 0.1) is 12.7 Å². The Bertz CT molecular complexity index is 244. The van der Waals surface area contributed by atoms with Gasteiger partial charge in [0.25, 0.3) is 0 Å². The minimum Gasteiger partial charge on any atom is -0.373 e. The van der Waals surface area contributed by atoms with Crippen molar-refractivity contribution < 1.29 is 14.3 Å². The number of nitrogens with two attached hydrogens (primary N) is 1. The minimum absolute atomic E-state index is 0.0437. The number of ether oxygens (including phenoxy) is 2. The third-order valence-electron chi connectivity index (χ3n) is 2.08. The number of nitrogens with zero attached hydrogens (tertiary/aromatic N) is 1. The molecule has 0 aliphatic carbocycles. The molecule has 0 aromatic carbocycles. The van der Waals surface area contributed by atoms with E-state index in [1.807, 2.05) is 0 Å². The molecule has 1 saturated heterocycles. The predicted octanol–water partition coefficient (Wildman–Crippen LogP) is -1.18. The van der Waals surface area contributed by atoms with Crippen molar-refractivity contribution in [1.29, 1.82) is 0 Å². The van der Waals surface area contributed by atoms with E-state index in [0.29, 0.717) is 26.2 Å². The van der Waals surface area contributed by atoms with E-state index in [2.05, 4.69) is 5.92 Å². The number of hydrogen-bond acceptors (Lipinski definition) is 4. The van der Waals surface area contributed by atoms with Gasteiger partial charge in [-0.15, -0.1) is 6.42 Å². The summed E-state index contributed by atoms with van der Waals surface area (Å²) in [5, 5.41) is 0. The molecule has 1 aliphatic rings. The topological polar surface area (TPSA) is 64.8 Å². The van der Waals surface area contributed by atoms with E-state index in [0.717, 1.165) is 0 Å². The molecule has 1 heterocycles. The first-order valence-corrected chi connectivity index (χ1v) is 4.88. The van der Waals surface area contributed by atoms with E-state index >= 15 is 0 Å². The second-order valence-corrected chi connectivity index (χ2v) is 3.28. The van der Waals surface area contributed by atoms with Crippen LogP contribution in [0, 0.1) is 12.3 Å². The zero-order valence-electron chi connectivity index (χ0n) is 8.65. The van der Waals surface area contributed by atoms with Gasteiger partial charge >= 0.3 is 0 Å². The van der Waals surface area contributed by atoms with E-state index in [4.69, 9.17) is 21.6 Å². The number of amides is 1. The largest absolute Gasteiger partial charge is 0.373 e. The van der Waals surface area contributed by atoms with Crippen LogP contribution >= 0.6 is 0 Å². The maximum atomic E-state index is 11.4. The molecule has 0 spiro atoms. The van der Waals surface area contributed by atoms with Crippen LogP contribution in [0.2, 0.25) is 0 Å². The molecular formula is C10H16N2O3. The number of rotatable bonds is 6. The smallest absolute Gasteiger partial charge is 0.248 e. The predicted molar refractivity (Wildman–Crippen MR) is 55.0 cm³/mol. The molecule has 1 aliphatic heterocycles. The lowest BCUT2D eigenvalue weighted by Crippen LogP contribution is -2.56. The zero-order chi connectivity index (χ0) is 11.1. The molecule has 0 radical (unpaired) electrons. The maximum absolute atomic E-state index is 11.4. The van der Waals surface area contributed by atoms with Gasteiger partial charge < -0.3 is 20.1 Å². The summed E-state index contributed by atoms with van der Waals surface area (Å²) in [6.07, 6.45) is 5.11. The SMILES string of the molecule is C#CCOCC(=O)N1CC(OCCN)C1. The van der Waals surface area contributed by atoms with Crippen molar-refractivity contribution in [1.82, 2.24) is 4.90 Å². The molecule has 15 heavy (non-hydrogen) atoms. The monoisotopic (exact) mass is 212 g/mol. The highest BCUT2D eigenvalue weighted by Gasteiger charge is 2.30. The van der Waals surface area contributed by atoms with E-state index < -0.39 is 0 Å². The molecule has 1 fully saturated rings. The number of hydrogen-bond donors (Lipinski definition) is 1. The van der Waals surface area contributed by atoms with Gasteiger partial charge in [-0.3, -0.25) is 4.79 Å². The molecule has 5 heteroatoms. The Morgan fingerprint density at radius 1 is 1.60 bits per heavy atom. The molecule has 2 N–H and O–H groups in total. The maximum Gasteiger partial charge on any atom is 0.248 e. The molecular weight excluding hydrogens is 196 g/mol. The van der Waals surface area contributed by atoms with E-state index in [1.54, 1.807) is 4.90 Å². The second-order valence-electron chi connectivity index (χ2n) is 3.28. The molecule has 0 saturated carbocycles. The third kappa shape index (κ3) is 3.88. The summed E-state index contributed by atoms with van der Waals surface area (Å²) < 4.78 is 10.3. The summed E-state index contributed by atoms with van der Waals surface area (Å²) in [6.45, 7) is 2.52. The van der Waals surface area contributed by atoms with Gasteiger partial charge in [0, 0.05) is 19.6 Å². The Morgan fingerprint density at radius 3 is 2.93 bits per heavy atom. The first-order chi connectivity index (χ1) is 7.27. The van der Waals surface area contributed by atoms with Gasteiger partial charge in [-0.25, -0.2) is 0 Å². The Kier molecular flexibility index (Phi) is 5.12. The van der Waals surface area contributed by atoms with Crippen LogP contribution in [0.3, 0.4) is 0 Å². The summed E-state index contributed by atoms with van der Waals surface area (Å²) in [5.41, 5.74) is 5.29. The van der Waals surface area contributed by atoms with Crippen LogP contribution in [-0.2, 0) is 14.3 Å². The molecule has 0 bridgehead atoms. The molecule has 1 rings (SSSR count). The molecule has 84 valence electrons. The molecule has 1 amide bonds. The third-order valence-corrected chi connectivity index (χ3v) is 2.08. The van der Waals surface area contributed by atoms with Gasteiger partial charge in [-0.05, 0) is 0 Å². The van der Waals surface area contributed by atoms with Crippen LogP contribution in [0.4, 0.5) is 0 Å². The van der Waals surface area contributed by atoms with Crippen LogP contribution < -0.4 is 5.73 Å². The zero-order valence-corrected chi connectivity index (χ0v) is 8.65. The van der Waals surface area contributed by atoms with Crippen molar-refractivity contribution in [2.24, 2.45) is 5.73 Å². The van der Waals surface area contributed by atoms with Gasteiger partial charge in [0.1, 0.15) is 13.2 Å². The highest BCUT2D eigenvalue weighted by atomic mass is 16.5. The van der Waals surface area contributed by atoms with Crippen molar-refractivity contribution >= 4 is 5.91 Å². The Morgan fingerprint density at radius 2 is 2.33 bits per heavy atom. The van der Waals surface area contributed by atoms with Gasteiger partial charge in [0.15, 0.2) is 0 Å². The van der Waals surface area contributed by atoms with Gasteiger partial charge in [-0.1, -0.05) is 5.92 Å².